The van der Waals surface area contributed by atoms with Gasteiger partial charge in [0.15, 0.2) is 0 Å². The van der Waals surface area contributed by atoms with Gasteiger partial charge in [0.25, 0.3) is 5.56 Å². The van der Waals surface area contributed by atoms with Crippen LogP contribution in [-0.2, 0) is 11.3 Å². The van der Waals surface area contributed by atoms with E-state index in [4.69, 9.17) is 9.47 Å². The largest absolute Gasteiger partial charge is 0.473 e. The maximum absolute atomic E-state index is 14.1. The fourth-order valence-electron chi connectivity index (χ4n) is 2.88. The number of benzene rings is 2. The third-order valence-electron chi connectivity index (χ3n) is 4.47. The number of methoxy groups -OCH3 is 1. The van der Waals surface area contributed by atoms with Crippen LogP contribution in [0.15, 0.2) is 45.7 Å². The highest BCUT2D eigenvalue weighted by Crippen LogP contribution is 2.31. The number of ether oxygens (including phenoxy) is 2. The van der Waals surface area contributed by atoms with Crippen molar-refractivity contribution in [3.8, 4) is 11.6 Å². The molecule has 2 aromatic carbocycles. The molecule has 0 bridgehead atoms. The third kappa shape index (κ3) is 4.58. The van der Waals surface area contributed by atoms with Gasteiger partial charge in [0.2, 0.25) is 11.8 Å². The Morgan fingerprint density at radius 2 is 1.97 bits per heavy atom. The molecule has 0 amide bonds. The Morgan fingerprint density at radius 3 is 2.61 bits per heavy atom. The summed E-state index contributed by atoms with van der Waals surface area (Å²) < 4.78 is 39.3. The average Bonchev–Trinajstić information content (AvgIpc) is 2.75. The zero-order chi connectivity index (χ0) is 22.7. The summed E-state index contributed by atoms with van der Waals surface area (Å²) in [6.45, 7) is 1.51. The molecule has 1 N–H and O–H groups in total. The molecule has 3 aromatic rings. The highest BCUT2D eigenvalue weighted by atomic mass is 79.9. The molecule has 0 aliphatic carbocycles. The lowest BCUT2D eigenvalue weighted by Crippen LogP contribution is -2.20. The third-order valence-corrected chi connectivity index (χ3v) is 5.15. The van der Waals surface area contributed by atoms with E-state index in [9.17, 15) is 18.4 Å². The van der Waals surface area contributed by atoms with E-state index < -0.39 is 23.2 Å². The second-order valence-corrected chi connectivity index (χ2v) is 7.26. The number of esters is 1. The second-order valence-electron chi connectivity index (χ2n) is 6.46. The van der Waals surface area contributed by atoms with Crippen molar-refractivity contribution in [3.05, 3.63) is 79.5 Å². The Hall–Kier alpha value is -3.27. The van der Waals surface area contributed by atoms with Gasteiger partial charge in [0.1, 0.15) is 22.7 Å². The van der Waals surface area contributed by atoms with E-state index in [-0.39, 0.29) is 34.0 Å². The van der Waals surface area contributed by atoms with E-state index in [1.807, 2.05) is 0 Å². The van der Waals surface area contributed by atoms with Gasteiger partial charge < -0.3 is 14.8 Å². The minimum Gasteiger partial charge on any atom is -0.473 e. The van der Waals surface area contributed by atoms with E-state index in [2.05, 4.69) is 26.2 Å². The molecule has 3 rings (SSSR count). The Kier molecular flexibility index (Phi) is 6.69. The van der Waals surface area contributed by atoms with E-state index in [0.29, 0.717) is 5.69 Å². The number of anilines is 1. The van der Waals surface area contributed by atoms with Crippen molar-refractivity contribution in [2.75, 3.05) is 19.5 Å². The quantitative estimate of drug-likeness (QED) is 0.522. The minimum absolute atomic E-state index is 0.00288. The van der Waals surface area contributed by atoms with Crippen LogP contribution in [-0.4, -0.2) is 29.7 Å². The van der Waals surface area contributed by atoms with Gasteiger partial charge in [-0.1, -0.05) is 6.07 Å². The normalized spacial score (nSPS) is 10.6. The standard InChI is InChI=1S/C21H18BrF2N3O4/c1-11-4-5-12(20(29)30-3)8-16(11)27-19(17(22)18(28)26-21(27)25-2)31-10-13-6-7-14(23)9-15(13)24/h4-9H,10H2,1-3H3,(H,25,26,28). The number of carbonyl (C=O) groups is 1. The van der Waals surface area contributed by atoms with Gasteiger partial charge in [-0.25, -0.2) is 18.1 Å². The van der Waals surface area contributed by atoms with Gasteiger partial charge in [0, 0.05) is 18.7 Å². The van der Waals surface area contributed by atoms with Gasteiger partial charge in [-0.2, -0.15) is 4.98 Å². The maximum Gasteiger partial charge on any atom is 0.337 e. The van der Waals surface area contributed by atoms with Crippen LogP contribution in [0.1, 0.15) is 21.5 Å². The van der Waals surface area contributed by atoms with Crippen molar-refractivity contribution in [3.63, 3.8) is 0 Å². The van der Waals surface area contributed by atoms with Crippen LogP contribution < -0.4 is 15.6 Å². The van der Waals surface area contributed by atoms with E-state index in [0.717, 1.165) is 17.7 Å². The number of nitrogens with one attached hydrogen (secondary N) is 1. The van der Waals surface area contributed by atoms with E-state index >= 15 is 0 Å². The highest BCUT2D eigenvalue weighted by Gasteiger charge is 2.21. The molecule has 10 heteroatoms. The number of aromatic nitrogens is 2. The number of nitrogens with zero attached hydrogens (tertiary/aromatic N) is 2. The van der Waals surface area contributed by atoms with Crippen LogP contribution in [0.25, 0.3) is 5.69 Å². The molecule has 0 atom stereocenters. The number of carbonyl (C=O) groups excluding carboxylic acids is 1. The fraction of sp³-hybridized carbons (Fsp3) is 0.190. The molecule has 1 heterocycles. The SMILES string of the molecule is CNc1nc(=O)c(Br)c(OCc2ccc(F)cc2F)n1-c1cc(C(=O)OC)ccc1C. The Morgan fingerprint density at radius 1 is 1.23 bits per heavy atom. The van der Waals surface area contributed by atoms with Crippen LogP contribution in [0.3, 0.4) is 0 Å². The molecule has 0 spiro atoms. The van der Waals surface area contributed by atoms with Gasteiger partial charge in [0.05, 0.1) is 18.4 Å². The zero-order valence-electron chi connectivity index (χ0n) is 16.8. The molecule has 0 aliphatic rings. The van der Waals surface area contributed by atoms with Crippen molar-refractivity contribution in [1.29, 1.82) is 0 Å². The minimum atomic E-state index is -0.781. The van der Waals surface area contributed by atoms with Crippen molar-refractivity contribution >= 4 is 27.8 Å². The number of halogens is 3. The summed E-state index contributed by atoms with van der Waals surface area (Å²) >= 11 is 3.19. The summed E-state index contributed by atoms with van der Waals surface area (Å²) in [6, 6.07) is 7.98. The first kappa shape index (κ1) is 22.4. The predicted octanol–water partition coefficient (Wildman–Crippen LogP) is 3.99. The second kappa shape index (κ2) is 9.25. The van der Waals surface area contributed by atoms with Crippen molar-refractivity contribution in [1.82, 2.24) is 9.55 Å². The van der Waals surface area contributed by atoms with Gasteiger partial charge in [-0.15, -0.1) is 0 Å². The molecule has 31 heavy (non-hydrogen) atoms. The van der Waals surface area contributed by atoms with Crippen molar-refractivity contribution < 1.29 is 23.0 Å². The number of hydrogen-bond acceptors (Lipinski definition) is 6. The Balaban J connectivity index is 2.17. The van der Waals surface area contributed by atoms with Crippen molar-refractivity contribution in [2.45, 2.75) is 13.5 Å². The van der Waals surface area contributed by atoms with E-state index in [1.54, 1.807) is 32.2 Å². The number of hydrogen-bond donors (Lipinski definition) is 1. The monoisotopic (exact) mass is 493 g/mol. The molecule has 1 aromatic heterocycles. The zero-order valence-corrected chi connectivity index (χ0v) is 18.4. The summed E-state index contributed by atoms with van der Waals surface area (Å²) in [5.41, 5.74) is 0.969. The first-order valence-electron chi connectivity index (χ1n) is 9.03. The molecule has 7 nitrogen and oxygen atoms in total. The lowest BCUT2D eigenvalue weighted by atomic mass is 10.1. The van der Waals surface area contributed by atoms with Crippen molar-refractivity contribution in [2.24, 2.45) is 0 Å². The summed E-state index contributed by atoms with van der Waals surface area (Å²) in [5.74, 6) is -1.88. The summed E-state index contributed by atoms with van der Waals surface area (Å²) in [5, 5.41) is 2.82. The molecular formula is C21H18BrF2N3O4. The fourth-order valence-corrected chi connectivity index (χ4v) is 3.26. The number of rotatable bonds is 6. The molecule has 0 unspecified atom stereocenters. The van der Waals surface area contributed by atoms with Crippen LogP contribution in [0.5, 0.6) is 5.88 Å². The molecular weight excluding hydrogens is 476 g/mol. The molecule has 0 fully saturated rings. The van der Waals surface area contributed by atoms with Crippen LogP contribution >= 0.6 is 15.9 Å². The Labute approximate surface area is 184 Å². The van der Waals surface area contributed by atoms with Gasteiger partial charge in [-0.3, -0.25) is 4.79 Å². The smallest absolute Gasteiger partial charge is 0.337 e. The topological polar surface area (TPSA) is 82.5 Å². The summed E-state index contributed by atoms with van der Waals surface area (Å²) in [4.78, 5) is 28.3. The maximum atomic E-state index is 14.1. The van der Waals surface area contributed by atoms with E-state index in [1.165, 1.54) is 17.7 Å². The molecule has 0 saturated heterocycles. The van der Waals surface area contributed by atoms with Crippen LogP contribution in [0.2, 0.25) is 0 Å². The van der Waals surface area contributed by atoms with Gasteiger partial charge in [-0.05, 0) is 52.7 Å². The summed E-state index contributed by atoms with van der Waals surface area (Å²) in [6.07, 6.45) is 0. The Bertz CT molecular complexity index is 1210. The molecule has 0 aliphatic heterocycles. The summed E-state index contributed by atoms with van der Waals surface area (Å²) in [7, 11) is 2.83. The average molecular weight is 494 g/mol. The number of aryl methyl sites for hydroxylation is 1. The predicted molar refractivity (Wildman–Crippen MR) is 114 cm³/mol. The lowest BCUT2D eigenvalue weighted by Gasteiger charge is -2.21. The molecule has 0 radical (unpaired) electrons. The first-order valence-corrected chi connectivity index (χ1v) is 9.82. The van der Waals surface area contributed by atoms with Crippen LogP contribution in [0.4, 0.5) is 14.7 Å². The van der Waals surface area contributed by atoms with Crippen LogP contribution in [0, 0.1) is 18.6 Å². The molecule has 0 saturated carbocycles. The lowest BCUT2D eigenvalue weighted by molar-refractivity contribution is 0.0600. The molecule has 162 valence electrons. The van der Waals surface area contributed by atoms with Gasteiger partial charge >= 0.3 is 5.97 Å². The highest BCUT2D eigenvalue weighted by molar-refractivity contribution is 9.10. The first-order chi connectivity index (χ1) is 14.8.